The van der Waals surface area contributed by atoms with Crippen LogP contribution in [0.1, 0.15) is 30.1 Å². The monoisotopic (exact) mass is 308 g/mol. The molecule has 1 fully saturated rings. The molecule has 2 rings (SSSR count). The molecule has 8 heteroatoms. The number of benzene rings is 1. The molecule has 0 bridgehead atoms. The highest BCUT2D eigenvalue weighted by Gasteiger charge is 2.31. The number of esters is 1. The summed E-state index contributed by atoms with van der Waals surface area (Å²) < 4.78 is 5.29. The predicted octanol–water partition coefficient (Wildman–Crippen LogP) is 2.28. The van der Waals surface area contributed by atoms with Gasteiger partial charge in [-0.1, -0.05) is 0 Å². The maximum absolute atomic E-state index is 12.0. The van der Waals surface area contributed by atoms with Crippen LogP contribution in [0.25, 0.3) is 0 Å². The van der Waals surface area contributed by atoms with Gasteiger partial charge >= 0.3 is 12.1 Å². The van der Waals surface area contributed by atoms with E-state index in [0.29, 0.717) is 12.8 Å². The number of ether oxygens (including phenoxy) is 1. The molecule has 1 aromatic carbocycles. The Hall–Kier alpha value is -2.64. The molecule has 118 valence electrons. The van der Waals surface area contributed by atoms with E-state index in [2.05, 4.69) is 0 Å². The maximum atomic E-state index is 12.0. The zero-order valence-corrected chi connectivity index (χ0v) is 12.0. The van der Waals surface area contributed by atoms with E-state index < -0.39 is 23.1 Å². The van der Waals surface area contributed by atoms with E-state index in [4.69, 9.17) is 9.84 Å². The van der Waals surface area contributed by atoms with Gasteiger partial charge in [0.2, 0.25) is 0 Å². The number of rotatable bonds is 3. The first-order valence-corrected chi connectivity index (χ1v) is 6.83. The molecule has 0 radical (unpaired) electrons. The molecule has 0 saturated carbocycles. The first kappa shape index (κ1) is 15.7. The fraction of sp³-hybridized carbons (Fsp3) is 0.429. The van der Waals surface area contributed by atoms with Crippen molar-refractivity contribution in [3.05, 3.63) is 39.9 Å². The van der Waals surface area contributed by atoms with Crippen LogP contribution in [0.4, 0.5) is 10.5 Å². The molecular weight excluding hydrogens is 292 g/mol. The number of carboxylic acid groups (broad SMARTS) is 1. The van der Waals surface area contributed by atoms with E-state index >= 15 is 0 Å². The Bertz CT molecular complexity index is 586. The van der Waals surface area contributed by atoms with Crippen LogP contribution in [0.3, 0.4) is 0 Å². The van der Waals surface area contributed by atoms with Crippen LogP contribution in [0.5, 0.6) is 0 Å². The van der Waals surface area contributed by atoms with Crippen molar-refractivity contribution < 1.29 is 24.4 Å². The van der Waals surface area contributed by atoms with Crippen LogP contribution in [0.15, 0.2) is 24.3 Å². The quantitative estimate of drug-likeness (QED) is 0.521. The summed E-state index contributed by atoms with van der Waals surface area (Å²) in [6.07, 6.45) is -0.340. The van der Waals surface area contributed by atoms with Gasteiger partial charge in [-0.05, 0) is 31.9 Å². The van der Waals surface area contributed by atoms with E-state index in [1.807, 2.05) is 6.92 Å². The number of likely N-dealkylation sites (tertiary alicyclic amines) is 1. The second-order valence-corrected chi connectivity index (χ2v) is 5.19. The summed E-state index contributed by atoms with van der Waals surface area (Å²) >= 11 is 0. The van der Waals surface area contributed by atoms with Crippen LogP contribution >= 0.6 is 0 Å². The largest absolute Gasteiger partial charge is 0.465 e. The van der Waals surface area contributed by atoms with Gasteiger partial charge in [-0.25, -0.2) is 9.59 Å². The van der Waals surface area contributed by atoms with Crippen LogP contribution in [0, 0.1) is 10.1 Å². The van der Waals surface area contributed by atoms with Gasteiger partial charge in [0.05, 0.1) is 17.0 Å². The van der Waals surface area contributed by atoms with Crippen molar-refractivity contribution in [1.29, 1.82) is 0 Å². The number of nitro benzene ring substituents is 1. The molecule has 0 aliphatic carbocycles. The van der Waals surface area contributed by atoms with Gasteiger partial charge in [0, 0.05) is 18.2 Å². The molecule has 0 spiro atoms. The Morgan fingerprint density at radius 1 is 1.32 bits per heavy atom. The van der Waals surface area contributed by atoms with Crippen molar-refractivity contribution in [2.75, 3.05) is 6.54 Å². The Morgan fingerprint density at radius 3 is 2.50 bits per heavy atom. The average molecular weight is 308 g/mol. The predicted molar refractivity (Wildman–Crippen MR) is 75.7 cm³/mol. The second kappa shape index (κ2) is 6.42. The highest BCUT2D eigenvalue weighted by molar-refractivity contribution is 5.89. The molecule has 0 unspecified atom stereocenters. The van der Waals surface area contributed by atoms with Crippen molar-refractivity contribution >= 4 is 17.7 Å². The Morgan fingerprint density at radius 2 is 1.95 bits per heavy atom. The average Bonchev–Trinajstić information content (AvgIpc) is 2.49. The summed E-state index contributed by atoms with van der Waals surface area (Å²) in [5.41, 5.74) is 0.0891. The third kappa shape index (κ3) is 3.51. The van der Waals surface area contributed by atoms with Gasteiger partial charge in [0.1, 0.15) is 6.10 Å². The number of carbonyl (C=O) groups excluding carboxylic acids is 1. The third-order valence-corrected chi connectivity index (χ3v) is 3.67. The highest BCUT2D eigenvalue weighted by Crippen LogP contribution is 2.21. The summed E-state index contributed by atoms with van der Waals surface area (Å²) in [7, 11) is 0. The Kier molecular flexibility index (Phi) is 4.59. The first-order valence-electron chi connectivity index (χ1n) is 6.83. The highest BCUT2D eigenvalue weighted by atomic mass is 16.6. The molecule has 1 aliphatic rings. The number of hydrogen-bond donors (Lipinski definition) is 1. The van der Waals surface area contributed by atoms with Gasteiger partial charge in [-0.15, -0.1) is 0 Å². The summed E-state index contributed by atoms with van der Waals surface area (Å²) in [6.45, 7) is 1.94. The summed E-state index contributed by atoms with van der Waals surface area (Å²) in [5.74, 6) is -0.611. The molecule has 2 atom stereocenters. The molecule has 1 saturated heterocycles. The standard InChI is InChI=1S/C14H16N2O6/c1-9-2-7-12(8-15(9)14(18)19)22-13(17)10-3-5-11(6-4-10)16(20)21/h3-6,9,12H,2,7-8H2,1H3,(H,18,19)/t9-,12-/m1/s1. The van der Waals surface area contributed by atoms with Crippen LogP contribution in [-0.4, -0.2) is 45.7 Å². The van der Waals surface area contributed by atoms with Crippen molar-refractivity contribution in [2.45, 2.75) is 31.9 Å². The Labute approximate surface area is 126 Å². The zero-order chi connectivity index (χ0) is 16.3. The number of hydrogen-bond acceptors (Lipinski definition) is 5. The van der Waals surface area contributed by atoms with E-state index in [-0.39, 0.29) is 23.8 Å². The maximum Gasteiger partial charge on any atom is 0.407 e. The summed E-state index contributed by atoms with van der Waals surface area (Å²) in [4.78, 5) is 34.3. The second-order valence-electron chi connectivity index (χ2n) is 5.19. The topological polar surface area (TPSA) is 110 Å². The van der Waals surface area contributed by atoms with E-state index in [9.17, 15) is 19.7 Å². The number of non-ortho nitro benzene ring substituents is 1. The first-order chi connectivity index (χ1) is 10.4. The lowest BCUT2D eigenvalue weighted by atomic mass is 10.0. The van der Waals surface area contributed by atoms with Gasteiger partial charge in [-0.3, -0.25) is 10.1 Å². The Balaban J connectivity index is 1.99. The SMILES string of the molecule is C[C@@H]1CC[C@@H](OC(=O)c2ccc([N+](=O)[O-])cc2)CN1C(=O)O. The molecular formula is C14H16N2O6. The molecule has 1 heterocycles. The normalized spacial score (nSPS) is 21.2. The smallest absolute Gasteiger partial charge is 0.407 e. The molecule has 1 N–H and O–H groups in total. The van der Waals surface area contributed by atoms with Gasteiger partial charge in [-0.2, -0.15) is 0 Å². The number of nitro groups is 1. The third-order valence-electron chi connectivity index (χ3n) is 3.67. The number of carbonyl (C=O) groups is 2. The molecule has 1 aliphatic heterocycles. The van der Waals surface area contributed by atoms with Crippen molar-refractivity contribution in [2.24, 2.45) is 0 Å². The zero-order valence-electron chi connectivity index (χ0n) is 12.0. The van der Waals surface area contributed by atoms with Crippen molar-refractivity contribution in [3.63, 3.8) is 0 Å². The van der Waals surface area contributed by atoms with Crippen molar-refractivity contribution in [3.8, 4) is 0 Å². The molecule has 1 aromatic rings. The van der Waals surface area contributed by atoms with E-state index in [1.165, 1.54) is 29.2 Å². The van der Waals surface area contributed by atoms with Crippen LogP contribution in [0.2, 0.25) is 0 Å². The van der Waals surface area contributed by atoms with Crippen LogP contribution in [-0.2, 0) is 4.74 Å². The lowest BCUT2D eigenvalue weighted by molar-refractivity contribution is -0.384. The van der Waals surface area contributed by atoms with Gasteiger partial charge in [0.25, 0.3) is 5.69 Å². The number of nitrogens with zero attached hydrogens (tertiary/aromatic N) is 2. The lowest BCUT2D eigenvalue weighted by Crippen LogP contribution is -2.48. The number of piperidine rings is 1. The van der Waals surface area contributed by atoms with Crippen molar-refractivity contribution in [1.82, 2.24) is 4.90 Å². The fourth-order valence-corrected chi connectivity index (χ4v) is 2.38. The van der Waals surface area contributed by atoms with Crippen LogP contribution < -0.4 is 0 Å². The van der Waals surface area contributed by atoms with Gasteiger partial charge in [0.15, 0.2) is 0 Å². The summed E-state index contributed by atoms with van der Waals surface area (Å²) in [5, 5.41) is 19.6. The molecule has 0 aromatic heterocycles. The minimum absolute atomic E-state index is 0.105. The lowest BCUT2D eigenvalue weighted by Gasteiger charge is -2.35. The molecule has 8 nitrogen and oxygen atoms in total. The summed E-state index contributed by atoms with van der Waals surface area (Å²) in [6, 6.07) is 4.99. The molecule has 22 heavy (non-hydrogen) atoms. The molecule has 1 amide bonds. The van der Waals surface area contributed by atoms with E-state index in [0.717, 1.165) is 0 Å². The minimum atomic E-state index is -1.04. The van der Waals surface area contributed by atoms with E-state index in [1.54, 1.807) is 0 Å². The number of amides is 1. The van der Waals surface area contributed by atoms with Gasteiger partial charge < -0.3 is 14.7 Å². The minimum Gasteiger partial charge on any atom is -0.465 e. The fourth-order valence-electron chi connectivity index (χ4n) is 2.38.